The number of nitrogens with two attached hydrogens (primary N) is 1. The molecule has 1 aromatic heterocycles. The molecule has 1 heterocycles. The molecular weight excluding hydrogens is 351 g/mol. The summed E-state index contributed by atoms with van der Waals surface area (Å²) in [6.07, 6.45) is 1.78. The van der Waals surface area contributed by atoms with Crippen LogP contribution >= 0.6 is 22.6 Å². The van der Waals surface area contributed by atoms with E-state index < -0.39 is 0 Å². The fourth-order valence-electron chi connectivity index (χ4n) is 1.84. The number of benzene rings is 2. The van der Waals surface area contributed by atoms with Crippen LogP contribution in [-0.4, -0.2) is 4.98 Å². The van der Waals surface area contributed by atoms with E-state index in [0.717, 1.165) is 31.7 Å². The highest BCUT2D eigenvalue weighted by Crippen LogP contribution is 2.29. The number of nitrogens with zero attached hydrogens (tertiary/aromatic N) is 1. The topological polar surface area (TPSA) is 48.1 Å². The molecule has 3 rings (SSSR count). The molecule has 0 amide bonds. The third-order valence-electron chi connectivity index (χ3n) is 2.76. The van der Waals surface area contributed by atoms with E-state index in [2.05, 4.69) is 27.6 Å². The summed E-state index contributed by atoms with van der Waals surface area (Å²) >= 11 is 2.21. The highest BCUT2D eigenvalue weighted by molar-refractivity contribution is 14.1. The molecule has 19 heavy (non-hydrogen) atoms. The van der Waals surface area contributed by atoms with Crippen LogP contribution in [0.5, 0.6) is 11.5 Å². The smallest absolute Gasteiger partial charge is 0.140 e. The first kappa shape index (κ1) is 12.2. The Kier molecular flexibility index (Phi) is 3.25. The van der Waals surface area contributed by atoms with E-state index in [-0.39, 0.29) is 0 Å². The molecule has 0 aliphatic heterocycles. The number of halogens is 1. The summed E-state index contributed by atoms with van der Waals surface area (Å²) in [6.45, 7) is 0. The van der Waals surface area contributed by atoms with Gasteiger partial charge in [-0.1, -0.05) is 6.07 Å². The molecule has 4 heteroatoms. The molecule has 0 saturated heterocycles. The number of aromatic nitrogens is 1. The summed E-state index contributed by atoms with van der Waals surface area (Å²) in [5.41, 5.74) is 7.38. The third-order valence-corrected chi connectivity index (χ3v) is 3.60. The Morgan fingerprint density at radius 3 is 2.79 bits per heavy atom. The molecule has 0 saturated carbocycles. The van der Waals surface area contributed by atoms with Gasteiger partial charge in [0.2, 0.25) is 0 Å². The Hall–Kier alpha value is -1.82. The van der Waals surface area contributed by atoms with E-state index in [1.54, 1.807) is 6.20 Å². The quantitative estimate of drug-likeness (QED) is 0.549. The van der Waals surface area contributed by atoms with Crippen LogP contribution in [0.15, 0.2) is 54.7 Å². The van der Waals surface area contributed by atoms with Crippen molar-refractivity contribution in [3.8, 4) is 11.5 Å². The van der Waals surface area contributed by atoms with Crippen LogP contribution in [0.2, 0.25) is 0 Å². The SMILES string of the molecule is Nc1ccc(Oc2ccc3cccnc3c2)c(I)c1. The zero-order valence-corrected chi connectivity index (χ0v) is 12.2. The van der Waals surface area contributed by atoms with Crippen molar-refractivity contribution in [3.63, 3.8) is 0 Å². The van der Waals surface area contributed by atoms with Gasteiger partial charge in [-0.2, -0.15) is 0 Å². The maximum Gasteiger partial charge on any atom is 0.140 e. The van der Waals surface area contributed by atoms with Crippen LogP contribution in [0.3, 0.4) is 0 Å². The summed E-state index contributed by atoms with van der Waals surface area (Å²) in [7, 11) is 0. The molecule has 0 aliphatic carbocycles. The summed E-state index contributed by atoms with van der Waals surface area (Å²) in [6, 6.07) is 15.4. The van der Waals surface area contributed by atoms with E-state index in [1.807, 2.05) is 48.5 Å². The van der Waals surface area contributed by atoms with Crippen LogP contribution in [0.4, 0.5) is 5.69 Å². The van der Waals surface area contributed by atoms with Crippen molar-refractivity contribution in [1.82, 2.24) is 4.98 Å². The maximum atomic E-state index is 5.87. The number of ether oxygens (including phenoxy) is 1. The predicted octanol–water partition coefficient (Wildman–Crippen LogP) is 4.21. The first-order valence-corrected chi connectivity index (χ1v) is 6.88. The Labute approximate surface area is 124 Å². The van der Waals surface area contributed by atoms with Crippen LogP contribution in [0.1, 0.15) is 0 Å². The van der Waals surface area contributed by atoms with Crippen LogP contribution in [0, 0.1) is 3.57 Å². The van der Waals surface area contributed by atoms with E-state index >= 15 is 0 Å². The van der Waals surface area contributed by atoms with Crippen molar-refractivity contribution in [2.24, 2.45) is 0 Å². The summed E-state index contributed by atoms with van der Waals surface area (Å²) in [4.78, 5) is 4.32. The number of anilines is 1. The van der Waals surface area contributed by atoms with Gasteiger partial charge in [0.15, 0.2) is 0 Å². The Morgan fingerprint density at radius 1 is 1.05 bits per heavy atom. The fraction of sp³-hybridized carbons (Fsp3) is 0. The second kappa shape index (κ2) is 5.05. The van der Waals surface area contributed by atoms with Gasteiger partial charge in [-0.15, -0.1) is 0 Å². The maximum absolute atomic E-state index is 5.87. The van der Waals surface area contributed by atoms with Crippen LogP contribution in [-0.2, 0) is 0 Å². The van der Waals surface area contributed by atoms with Gasteiger partial charge in [-0.25, -0.2) is 0 Å². The molecule has 2 aromatic carbocycles. The molecule has 0 unspecified atom stereocenters. The number of fused-ring (bicyclic) bond motifs is 1. The largest absolute Gasteiger partial charge is 0.456 e. The Bertz CT molecular complexity index is 743. The number of hydrogen-bond donors (Lipinski definition) is 1. The Balaban J connectivity index is 1.96. The molecule has 0 radical (unpaired) electrons. The van der Waals surface area contributed by atoms with Gasteiger partial charge in [0, 0.05) is 23.3 Å². The summed E-state index contributed by atoms with van der Waals surface area (Å²) in [5, 5.41) is 1.10. The van der Waals surface area contributed by atoms with Crippen LogP contribution in [0.25, 0.3) is 10.9 Å². The van der Waals surface area contributed by atoms with E-state index in [0.29, 0.717) is 0 Å². The highest BCUT2D eigenvalue weighted by atomic mass is 127. The second-order valence-electron chi connectivity index (χ2n) is 4.15. The lowest BCUT2D eigenvalue weighted by molar-refractivity contribution is 0.480. The Morgan fingerprint density at radius 2 is 1.95 bits per heavy atom. The minimum atomic E-state index is 0.733. The van der Waals surface area contributed by atoms with Crippen LogP contribution < -0.4 is 10.5 Å². The standard InChI is InChI=1S/C15H11IN2O/c16-13-8-11(17)4-6-15(13)19-12-5-3-10-2-1-7-18-14(10)9-12/h1-9H,17H2. The van der Waals surface area contributed by atoms with E-state index in [1.165, 1.54) is 0 Å². The molecular formula is C15H11IN2O. The number of nitrogen functional groups attached to an aromatic ring is 1. The zero-order chi connectivity index (χ0) is 13.2. The minimum Gasteiger partial charge on any atom is -0.456 e. The third kappa shape index (κ3) is 2.63. The van der Waals surface area contributed by atoms with Crippen molar-refractivity contribution in [2.75, 3.05) is 5.73 Å². The van der Waals surface area contributed by atoms with Gasteiger partial charge in [-0.05, 0) is 59.0 Å². The molecule has 0 atom stereocenters. The number of pyridine rings is 1. The highest BCUT2D eigenvalue weighted by Gasteiger charge is 2.04. The first-order valence-electron chi connectivity index (χ1n) is 5.80. The molecule has 0 bridgehead atoms. The van der Waals surface area contributed by atoms with Crippen molar-refractivity contribution in [2.45, 2.75) is 0 Å². The molecule has 2 N–H and O–H groups in total. The lowest BCUT2D eigenvalue weighted by atomic mass is 10.2. The number of rotatable bonds is 2. The van der Waals surface area contributed by atoms with Gasteiger partial charge >= 0.3 is 0 Å². The van der Waals surface area contributed by atoms with Gasteiger partial charge in [-0.3, -0.25) is 4.98 Å². The van der Waals surface area contributed by atoms with Gasteiger partial charge < -0.3 is 10.5 Å². The van der Waals surface area contributed by atoms with Gasteiger partial charge in [0.1, 0.15) is 11.5 Å². The predicted molar refractivity (Wildman–Crippen MR) is 85.4 cm³/mol. The van der Waals surface area contributed by atoms with Crippen molar-refractivity contribution in [1.29, 1.82) is 0 Å². The molecule has 0 fully saturated rings. The summed E-state index contributed by atoms with van der Waals surface area (Å²) < 4.78 is 6.85. The lowest BCUT2D eigenvalue weighted by Gasteiger charge is -2.09. The van der Waals surface area contributed by atoms with Crippen molar-refractivity contribution in [3.05, 3.63) is 58.3 Å². The molecule has 3 aromatic rings. The van der Waals surface area contributed by atoms with Crippen molar-refractivity contribution < 1.29 is 4.74 Å². The average Bonchev–Trinajstić information content (AvgIpc) is 2.42. The van der Waals surface area contributed by atoms with E-state index in [9.17, 15) is 0 Å². The van der Waals surface area contributed by atoms with Crippen molar-refractivity contribution >= 4 is 39.2 Å². The van der Waals surface area contributed by atoms with Gasteiger partial charge in [0.25, 0.3) is 0 Å². The lowest BCUT2D eigenvalue weighted by Crippen LogP contribution is -1.90. The normalized spacial score (nSPS) is 10.6. The molecule has 0 aliphatic rings. The molecule has 0 spiro atoms. The molecule has 3 nitrogen and oxygen atoms in total. The van der Waals surface area contributed by atoms with E-state index in [4.69, 9.17) is 10.5 Å². The zero-order valence-electron chi connectivity index (χ0n) is 10.0. The summed E-state index contributed by atoms with van der Waals surface area (Å²) in [5.74, 6) is 1.57. The average molecular weight is 362 g/mol. The second-order valence-corrected chi connectivity index (χ2v) is 5.31. The number of hydrogen-bond acceptors (Lipinski definition) is 3. The fourth-order valence-corrected chi connectivity index (χ4v) is 2.49. The molecule has 94 valence electrons. The minimum absolute atomic E-state index is 0.733. The first-order chi connectivity index (χ1) is 9.22. The monoisotopic (exact) mass is 362 g/mol. The van der Waals surface area contributed by atoms with Gasteiger partial charge in [0.05, 0.1) is 9.09 Å².